The number of unbranched alkanes of at least 4 members (excludes halogenated alkanes) is 3. The molecule has 326 valence electrons. The fraction of sp³-hybridized carbons (Fsp3) is 0.444. The van der Waals surface area contributed by atoms with Crippen molar-refractivity contribution in [3.8, 4) is 5.75 Å². The van der Waals surface area contributed by atoms with Crippen LogP contribution >= 0.6 is 11.8 Å². The van der Waals surface area contributed by atoms with E-state index in [1.807, 2.05) is 24.9 Å². The summed E-state index contributed by atoms with van der Waals surface area (Å²) in [7, 11) is 1.91. The second kappa shape index (κ2) is 23.9. The van der Waals surface area contributed by atoms with Crippen LogP contribution < -0.4 is 41.5 Å². The second-order valence-electron chi connectivity index (χ2n) is 15.2. The Morgan fingerprint density at radius 1 is 0.852 bits per heavy atom. The van der Waals surface area contributed by atoms with Gasteiger partial charge in [0.05, 0.1) is 18.2 Å². The van der Waals surface area contributed by atoms with Gasteiger partial charge in [-0.1, -0.05) is 67.1 Å². The number of para-hydroxylation sites is 2. The topological polar surface area (TPSA) is 204 Å². The van der Waals surface area contributed by atoms with Crippen LogP contribution in [-0.2, 0) is 35.2 Å². The third-order valence-electron chi connectivity index (χ3n) is 10.7. The highest BCUT2D eigenvalue weighted by molar-refractivity contribution is 8.00. The summed E-state index contributed by atoms with van der Waals surface area (Å²) in [5.74, 6) is -0.856. The van der Waals surface area contributed by atoms with Crippen molar-refractivity contribution in [2.45, 2.75) is 87.7 Å². The number of nitrogens with one attached hydrogen (secondary N) is 6. The molecule has 5 atom stereocenters. The number of carbonyl (C=O) groups is 7. The van der Waals surface area contributed by atoms with Crippen LogP contribution in [0.5, 0.6) is 5.75 Å². The maximum atomic E-state index is 13.8. The predicted molar refractivity (Wildman–Crippen MR) is 234 cm³/mol. The highest BCUT2D eigenvalue weighted by Gasteiger charge is 2.36. The van der Waals surface area contributed by atoms with E-state index in [1.165, 1.54) is 11.8 Å². The van der Waals surface area contributed by atoms with E-state index in [-0.39, 0.29) is 49.3 Å². The van der Waals surface area contributed by atoms with Crippen LogP contribution in [0, 0.1) is 0 Å². The molecule has 3 aromatic carbocycles. The molecule has 61 heavy (non-hydrogen) atoms. The van der Waals surface area contributed by atoms with E-state index >= 15 is 0 Å². The Labute approximate surface area is 361 Å². The van der Waals surface area contributed by atoms with Gasteiger partial charge in [-0.3, -0.25) is 38.5 Å². The fourth-order valence-electron chi connectivity index (χ4n) is 7.42. The maximum absolute atomic E-state index is 13.8. The van der Waals surface area contributed by atoms with Crippen molar-refractivity contribution in [3.63, 3.8) is 0 Å². The lowest BCUT2D eigenvalue weighted by Gasteiger charge is -2.25. The molecular weight excluding hydrogens is 799 g/mol. The summed E-state index contributed by atoms with van der Waals surface area (Å²) in [4.78, 5) is 90.6. The number of rotatable bonds is 23. The van der Waals surface area contributed by atoms with E-state index in [0.717, 1.165) is 44.3 Å². The molecule has 1 unspecified atom stereocenters. The largest absolute Gasteiger partial charge is 0.489 e. The molecule has 0 saturated carbocycles. The smallest absolute Gasteiger partial charge is 0.253 e. The van der Waals surface area contributed by atoms with Crippen LogP contribution in [0.15, 0.2) is 78.9 Å². The molecule has 2 aliphatic rings. The molecule has 0 aromatic heterocycles. The number of amides is 6. The number of nitrogens with zero attached hydrogens (tertiary/aromatic N) is 1. The van der Waals surface area contributed by atoms with Gasteiger partial charge in [0, 0.05) is 47.7 Å². The molecule has 1 fully saturated rings. The van der Waals surface area contributed by atoms with Gasteiger partial charge in [0.1, 0.15) is 31.0 Å². The standard InChI is InChI=1S/C45H57N7O8S/c1-30(50-40(55)25-31-14-13-17-33(24-31)43(57)32-15-5-3-6-16-32)44(58)51-34-27-60-37-19-8-7-18-36(37)52(45(34)59)26-41(56)48-23-12-4-11-22-47-39(54)21-10-9-20-38-42(46-2)35(28-61-38)49-29-53/h3,5-8,13-19,24,29-30,34-35,38,42,46H,4,9-12,20-23,25-28H2,1-2H3,(H,47,54)(H,48,56)(H,49,53)(H,50,55)(H,51,58)/t30-,34-,35-,38?,42-/m0/s1. The first-order chi connectivity index (χ1) is 29.6. The predicted octanol–water partition coefficient (Wildman–Crippen LogP) is 2.66. The minimum Gasteiger partial charge on any atom is -0.489 e. The zero-order valence-electron chi connectivity index (χ0n) is 34.8. The van der Waals surface area contributed by atoms with Crippen molar-refractivity contribution in [2.24, 2.45) is 0 Å². The van der Waals surface area contributed by atoms with Gasteiger partial charge in [0.15, 0.2) is 5.78 Å². The number of ether oxygens (including phenoxy) is 1. The normalized spacial score (nSPS) is 18.7. The van der Waals surface area contributed by atoms with Gasteiger partial charge < -0.3 is 36.6 Å². The highest BCUT2D eigenvalue weighted by atomic mass is 32.2. The molecular formula is C45H57N7O8S. The molecule has 3 aromatic rings. The number of carbonyl (C=O) groups excluding carboxylic acids is 7. The summed E-state index contributed by atoms with van der Waals surface area (Å²) < 4.78 is 5.90. The Morgan fingerprint density at radius 3 is 2.33 bits per heavy atom. The van der Waals surface area contributed by atoms with Gasteiger partial charge in [-0.25, -0.2) is 0 Å². The van der Waals surface area contributed by atoms with E-state index in [2.05, 4.69) is 31.9 Å². The van der Waals surface area contributed by atoms with Gasteiger partial charge in [-0.2, -0.15) is 11.8 Å². The minimum atomic E-state index is -1.14. The Kier molecular flexibility index (Phi) is 18.1. The zero-order chi connectivity index (χ0) is 43.6. The first-order valence-electron chi connectivity index (χ1n) is 20.9. The van der Waals surface area contributed by atoms with Crippen LogP contribution in [0.2, 0.25) is 0 Å². The second-order valence-corrected chi connectivity index (χ2v) is 16.5. The summed E-state index contributed by atoms with van der Waals surface area (Å²) >= 11 is 1.85. The van der Waals surface area contributed by atoms with Crippen LogP contribution in [0.3, 0.4) is 0 Å². The van der Waals surface area contributed by atoms with Crippen LogP contribution in [0.25, 0.3) is 0 Å². The number of hydrogen-bond acceptors (Lipinski definition) is 10. The third kappa shape index (κ3) is 13.9. The van der Waals surface area contributed by atoms with Crippen molar-refractivity contribution in [1.29, 1.82) is 0 Å². The number of anilines is 1. The summed E-state index contributed by atoms with van der Waals surface area (Å²) in [6.07, 6.45) is 6.09. The Bertz CT molecular complexity index is 1980. The fourth-order valence-corrected chi connectivity index (χ4v) is 9.05. The van der Waals surface area contributed by atoms with Crippen LogP contribution in [0.1, 0.15) is 73.4 Å². The molecule has 15 nitrogen and oxygen atoms in total. The highest BCUT2D eigenvalue weighted by Crippen LogP contribution is 2.32. The SMILES string of the molecule is CN[C@@H]1C(CCCCC(=O)NCCCCCNC(=O)CN2C(=O)[C@@H](NC(=O)[C@H](C)NC(=O)Cc3cccc(C(=O)c4ccccc4)c3)COc3ccccc32)SC[C@@H]1NC=O. The van der Waals surface area contributed by atoms with E-state index in [1.54, 1.807) is 72.8 Å². The Balaban J connectivity index is 1.00. The molecule has 5 rings (SSSR count). The maximum Gasteiger partial charge on any atom is 0.253 e. The summed E-state index contributed by atoms with van der Waals surface area (Å²) in [6, 6.07) is 20.6. The molecule has 2 aliphatic heterocycles. The summed E-state index contributed by atoms with van der Waals surface area (Å²) in [5.41, 5.74) is 1.96. The molecule has 0 radical (unpaired) electrons. The quantitative estimate of drug-likeness (QED) is 0.0468. The number of hydrogen-bond donors (Lipinski definition) is 6. The third-order valence-corrected chi connectivity index (χ3v) is 12.2. The van der Waals surface area contributed by atoms with E-state index < -0.39 is 29.8 Å². The molecule has 0 bridgehead atoms. The molecule has 0 aliphatic carbocycles. The number of thioether (sulfide) groups is 1. The van der Waals surface area contributed by atoms with Crippen molar-refractivity contribution in [3.05, 3.63) is 95.6 Å². The number of fused-ring (bicyclic) bond motifs is 1. The lowest BCUT2D eigenvalue weighted by atomic mass is 10.0. The van der Waals surface area contributed by atoms with E-state index in [4.69, 9.17) is 4.74 Å². The zero-order valence-corrected chi connectivity index (χ0v) is 35.6. The molecule has 6 amide bonds. The van der Waals surface area contributed by atoms with Gasteiger partial charge in [-0.15, -0.1) is 0 Å². The number of benzene rings is 3. The molecule has 1 saturated heterocycles. The monoisotopic (exact) mass is 855 g/mol. The summed E-state index contributed by atoms with van der Waals surface area (Å²) in [5, 5.41) is 17.8. The minimum absolute atomic E-state index is 0.0224. The molecule has 2 heterocycles. The average Bonchev–Trinajstić information content (AvgIpc) is 3.60. The van der Waals surface area contributed by atoms with Crippen LogP contribution in [-0.4, -0.2) is 110 Å². The molecule has 16 heteroatoms. The van der Waals surface area contributed by atoms with Gasteiger partial charge in [0.25, 0.3) is 5.91 Å². The van der Waals surface area contributed by atoms with Crippen LogP contribution in [0.4, 0.5) is 5.69 Å². The Morgan fingerprint density at radius 2 is 1.57 bits per heavy atom. The Hall–Kier alpha value is -5.74. The van der Waals surface area contributed by atoms with Gasteiger partial charge in [0.2, 0.25) is 30.0 Å². The van der Waals surface area contributed by atoms with Gasteiger partial charge >= 0.3 is 0 Å². The van der Waals surface area contributed by atoms with Crippen molar-refractivity contribution < 1.29 is 38.3 Å². The molecule has 0 spiro atoms. The lowest BCUT2D eigenvalue weighted by Crippen LogP contribution is -2.56. The first kappa shape index (κ1) is 46.3. The number of likely N-dealkylation sites (N-methyl/N-ethyl adjacent to an activating group) is 1. The average molecular weight is 856 g/mol. The summed E-state index contributed by atoms with van der Waals surface area (Å²) in [6.45, 7) is 1.95. The number of ketones is 1. The van der Waals surface area contributed by atoms with E-state index in [9.17, 15) is 33.6 Å². The lowest BCUT2D eigenvalue weighted by molar-refractivity contribution is -0.131. The van der Waals surface area contributed by atoms with Crippen molar-refractivity contribution in [1.82, 2.24) is 31.9 Å². The molecule has 6 N–H and O–H groups in total. The van der Waals surface area contributed by atoms with Crippen molar-refractivity contribution >= 4 is 59.2 Å². The van der Waals surface area contributed by atoms with Gasteiger partial charge in [-0.05, 0) is 69.8 Å². The van der Waals surface area contributed by atoms with Crippen molar-refractivity contribution in [2.75, 3.05) is 43.9 Å². The first-order valence-corrected chi connectivity index (χ1v) is 22.0. The van der Waals surface area contributed by atoms with E-state index in [0.29, 0.717) is 59.3 Å².